The summed E-state index contributed by atoms with van der Waals surface area (Å²) < 4.78 is 15.7. The molecule has 2 aromatic heterocycles. The second kappa shape index (κ2) is 6.23. The van der Waals surface area contributed by atoms with E-state index in [1.165, 1.54) is 18.9 Å². The van der Waals surface area contributed by atoms with E-state index in [-0.39, 0.29) is 11.9 Å². The Bertz CT molecular complexity index is 927. The first-order valence-electron chi connectivity index (χ1n) is 9.26. The zero-order valence-corrected chi connectivity index (χ0v) is 14.5. The fraction of sp³-hybridized carbons (Fsp3) is 0.421. The molecule has 2 fully saturated rings. The quantitative estimate of drug-likeness (QED) is 0.781. The Morgan fingerprint density at radius 2 is 1.77 bits per heavy atom. The minimum atomic E-state index is -0.192. The summed E-state index contributed by atoms with van der Waals surface area (Å²) in [6.07, 6.45) is 4.26. The summed E-state index contributed by atoms with van der Waals surface area (Å²) in [5, 5.41) is 16.6. The summed E-state index contributed by atoms with van der Waals surface area (Å²) in [7, 11) is 0. The number of rotatable bonds is 4. The molecule has 1 N–H and O–H groups in total. The van der Waals surface area contributed by atoms with Crippen LogP contribution in [0.2, 0.25) is 0 Å². The van der Waals surface area contributed by atoms with Gasteiger partial charge in [-0.1, -0.05) is 12.1 Å². The molecule has 5 rings (SSSR count). The molecule has 134 valence electrons. The van der Waals surface area contributed by atoms with Crippen molar-refractivity contribution in [2.24, 2.45) is 0 Å². The van der Waals surface area contributed by atoms with Crippen LogP contribution in [-0.2, 0) is 0 Å². The summed E-state index contributed by atoms with van der Waals surface area (Å²) in [6.45, 7) is 1.79. The van der Waals surface area contributed by atoms with E-state index in [0.717, 1.165) is 43.2 Å². The van der Waals surface area contributed by atoms with E-state index in [1.54, 1.807) is 12.1 Å². The molecule has 1 aliphatic carbocycles. The average molecular weight is 352 g/mol. The molecular weight excluding hydrogens is 331 g/mol. The molecule has 2 aliphatic rings. The molecule has 0 bridgehead atoms. The average Bonchev–Trinajstić information content (AvgIpc) is 3.43. The molecule has 0 radical (unpaired) electrons. The van der Waals surface area contributed by atoms with Crippen molar-refractivity contribution in [3.05, 3.63) is 48.0 Å². The highest BCUT2D eigenvalue weighted by Gasteiger charge is 2.29. The molecular formula is C19H21FN6. The van der Waals surface area contributed by atoms with E-state index in [1.807, 2.05) is 22.7 Å². The van der Waals surface area contributed by atoms with Crippen molar-refractivity contribution in [1.29, 1.82) is 0 Å². The van der Waals surface area contributed by atoms with E-state index < -0.39 is 0 Å². The molecule has 26 heavy (non-hydrogen) atoms. The fourth-order valence-electron chi connectivity index (χ4n) is 3.61. The lowest BCUT2D eigenvalue weighted by Crippen LogP contribution is -2.39. The second-order valence-electron chi connectivity index (χ2n) is 7.18. The number of fused-ring (bicyclic) bond motifs is 1. The molecule has 0 spiro atoms. The van der Waals surface area contributed by atoms with Crippen LogP contribution in [0.4, 0.5) is 15.9 Å². The predicted octanol–water partition coefficient (Wildman–Crippen LogP) is 3.22. The van der Waals surface area contributed by atoms with Gasteiger partial charge in [0.15, 0.2) is 11.5 Å². The summed E-state index contributed by atoms with van der Waals surface area (Å²) >= 11 is 0. The Balaban J connectivity index is 1.28. The van der Waals surface area contributed by atoms with E-state index in [2.05, 4.69) is 20.4 Å². The predicted molar refractivity (Wildman–Crippen MR) is 98.0 cm³/mol. The maximum atomic E-state index is 13.8. The van der Waals surface area contributed by atoms with Crippen LogP contribution in [0.25, 0.3) is 5.65 Å². The molecule has 0 amide bonds. The first-order chi connectivity index (χ1) is 12.8. The molecule has 1 saturated heterocycles. The Morgan fingerprint density at radius 1 is 0.962 bits per heavy atom. The number of nitrogens with zero attached hydrogens (tertiary/aromatic N) is 5. The van der Waals surface area contributed by atoms with Gasteiger partial charge in [-0.2, -0.15) is 4.52 Å². The highest BCUT2D eigenvalue weighted by Crippen LogP contribution is 2.38. The third-order valence-corrected chi connectivity index (χ3v) is 5.27. The van der Waals surface area contributed by atoms with Gasteiger partial charge < -0.3 is 10.2 Å². The van der Waals surface area contributed by atoms with Crippen LogP contribution in [0.3, 0.4) is 0 Å². The normalized spacial score (nSPS) is 18.4. The standard InChI is InChI=1S/C19H21FN6/c20-15-3-1-2-4-16(15)21-14-9-11-25(12-10-14)18-8-7-17-22-23-19(13-5-6-13)26(17)24-18/h1-4,7-8,13-14,21H,5-6,9-12H2. The topological polar surface area (TPSA) is 58.3 Å². The number of benzene rings is 1. The molecule has 3 aromatic rings. The van der Waals surface area contributed by atoms with Gasteiger partial charge in [0.05, 0.1) is 5.69 Å². The van der Waals surface area contributed by atoms with Crippen molar-refractivity contribution in [3.8, 4) is 0 Å². The molecule has 0 atom stereocenters. The van der Waals surface area contributed by atoms with Gasteiger partial charge in [0, 0.05) is 25.0 Å². The maximum absolute atomic E-state index is 13.8. The van der Waals surface area contributed by atoms with Gasteiger partial charge in [-0.15, -0.1) is 15.3 Å². The first-order valence-corrected chi connectivity index (χ1v) is 9.26. The molecule has 6 nitrogen and oxygen atoms in total. The molecule has 1 aliphatic heterocycles. The molecule has 1 saturated carbocycles. The monoisotopic (exact) mass is 352 g/mol. The van der Waals surface area contributed by atoms with E-state index in [9.17, 15) is 4.39 Å². The number of para-hydroxylation sites is 1. The summed E-state index contributed by atoms with van der Waals surface area (Å²) in [6, 6.07) is 11.2. The minimum absolute atomic E-state index is 0.192. The Hall–Kier alpha value is -2.70. The van der Waals surface area contributed by atoms with Gasteiger partial charge >= 0.3 is 0 Å². The Kier molecular flexibility index (Phi) is 3.72. The molecule has 1 aromatic carbocycles. The van der Waals surface area contributed by atoms with Crippen LogP contribution in [0.5, 0.6) is 0 Å². The zero-order valence-electron chi connectivity index (χ0n) is 14.5. The highest BCUT2D eigenvalue weighted by molar-refractivity contribution is 5.48. The van der Waals surface area contributed by atoms with Crippen molar-refractivity contribution < 1.29 is 4.39 Å². The largest absolute Gasteiger partial charge is 0.380 e. The van der Waals surface area contributed by atoms with Crippen LogP contribution < -0.4 is 10.2 Å². The van der Waals surface area contributed by atoms with Gasteiger partial charge in [0.1, 0.15) is 11.6 Å². The Labute approximate surface area is 151 Å². The lowest BCUT2D eigenvalue weighted by atomic mass is 10.0. The van der Waals surface area contributed by atoms with E-state index in [0.29, 0.717) is 11.6 Å². The van der Waals surface area contributed by atoms with E-state index in [4.69, 9.17) is 5.10 Å². The number of halogens is 1. The number of hydrogen-bond donors (Lipinski definition) is 1. The number of aromatic nitrogens is 4. The van der Waals surface area contributed by atoms with Gasteiger partial charge in [0.2, 0.25) is 0 Å². The number of piperidine rings is 1. The van der Waals surface area contributed by atoms with Gasteiger partial charge in [0.25, 0.3) is 0 Å². The number of hydrogen-bond acceptors (Lipinski definition) is 5. The minimum Gasteiger partial charge on any atom is -0.380 e. The fourth-order valence-corrected chi connectivity index (χ4v) is 3.61. The first kappa shape index (κ1) is 15.5. The Morgan fingerprint density at radius 3 is 2.54 bits per heavy atom. The zero-order chi connectivity index (χ0) is 17.5. The van der Waals surface area contributed by atoms with Crippen molar-refractivity contribution >= 4 is 17.2 Å². The van der Waals surface area contributed by atoms with Crippen molar-refractivity contribution in [2.45, 2.75) is 37.6 Å². The van der Waals surface area contributed by atoms with Crippen molar-refractivity contribution in [2.75, 3.05) is 23.3 Å². The van der Waals surface area contributed by atoms with Crippen LogP contribution in [0.1, 0.15) is 37.4 Å². The number of anilines is 2. The van der Waals surface area contributed by atoms with Crippen LogP contribution >= 0.6 is 0 Å². The number of nitrogens with one attached hydrogen (secondary N) is 1. The second-order valence-corrected chi connectivity index (χ2v) is 7.18. The smallest absolute Gasteiger partial charge is 0.178 e. The molecule has 0 unspecified atom stereocenters. The van der Waals surface area contributed by atoms with Gasteiger partial charge in [-0.05, 0) is 49.9 Å². The molecule has 7 heteroatoms. The maximum Gasteiger partial charge on any atom is 0.178 e. The lowest BCUT2D eigenvalue weighted by Gasteiger charge is -2.33. The van der Waals surface area contributed by atoms with E-state index >= 15 is 0 Å². The van der Waals surface area contributed by atoms with Gasteiger partial charge in [-0.3, -0.25) is 0 Å². The highest BCUT2D eigenvalue weighted by atomic mass is 19.1. The lowest BCUT2D eigenvalue weighted by molar-refractivity contribution is 0.517. The summed E-state index contributed by atoms with van der Waals surface area (Å²) in [4.78, 5) is 2.29. The summed E-state index contributed by atoms with van der Waals surface area (Å²) in [5.74, 6) is 2.27. The molecule has 3 heterocycles. The van der Waals surface area contributed by atoms with Crippen LogP contribution in [-0.4, -0.2) is 38.9 Å². The van der Waals surface area contributed by atoms with Crippen molar-refractivity contribution in [3.63, 3.8) is 0 Å². The third kappa shape index (κ3) is 2.87. The van der Waals surface area contributed by atoms with Crippen LogP contribution in [0.15, 0.2) is 36.4 Å². The van der Waals surface area contributed by atoms with Crippen molar-refractivity contribution in [1.82, 2.24) is 19.8 Å². The van der Waals surface area contributed by atoms with Crippen LogP contribution in [0, 0.1) is 5.82 Å². The summed E-state index contributed by atoms with van der Waals surface area (Å²) in [5.41, 5.74) is 1.40. The SMILES string of the molecule is Fc1ccccc1NC1CCN(c2ccc3nnc(C4CC4)n3n2)CC1. The van der Waals surface area contributed by atoms with Gasteiger partial charge in [-0.25, -0.2) is 4.39 Å². The third-order valence-electron chi connectivity index (χ3n) is 5.27.